The van der Waals surface area contributed by atoms with Crippen molar-refractivity contribution >= 4 is 0 Å². The molecule has 0 fully saturated rings. The SMILES string of the molecule is [c]1coc(Cc2ccccc2)c1. The molecular weight excluding hydrogens is 148 g/mol. The molecule has 2 aromatic rings. The first-order valence-corrected chi connectivity index (χ1v) is 3.92. The van der Waals surface area contributed by atoms with E-state index in [1.54, 1.807) is 6.26 Å². The van der Waals surface area contributed by atoms with Crippen LogP contribution in [0.25, 0.3) is 0 Å². The fraction of sp³-hybridized carbons (Fsp3) is 0.0909. The maximum Gasteiger partial charge on any atom is 0.108 e. The Morgan fingerprint density at radius 1 is 1.17 bits per heavy atom. The van der Waals surface area contributed by atoms with E-state index in [-0.39, 0.29) is 0 Å². The summed E-state index contributed by atoms with van der Waals surface area (Å²) in [6, 6.07) is 15.0. The Kier molecular flexibility index (Phi) is 1.95. The smallest absolute Gasteiger partial charge is 0.108 e. The Balaban J connectivity index is 2.15. The number of benzene rings is 1. The van der Waals surface area contributed by atoms with Crippen molar-refractivity contribution in [3.63, 3.8) is 0 Å². The minimum atomic E-state index is 0.852. The van der Waals surface area contributed by atoms with E-state index in [2.05, 4.69) is 18.2 Å². The molecule has 59 valence electrons. The van der Waals surface area contributed by atoms with Crippen molar-refractivity contribution in [1.82, 2.24) is 0 Å². The lowest BCUT2D eigenvalue weighted by Crippen LogP contribution is -1.83. The molecule has 12 heavy (non-hydrogen) atoms. The first kappa shape index (κ1) is 7.17. The van der Waals surface area contributed by atoms with Crippen LogP contribution >= 0.6 is 0 Å². The van der Waals surface area contributed by atoms with Crippen LogP contribution in [0.15, 0.2) is 47.1 Å². The van der Waals surface area contributed by atoms with Gasteiger partial charge >= 0.3 is 0 Å². The Labute approximate surface area is 71.6 Å². The highest BCUT2D eigenvalue weighted by atomic mass is 16.3. The average molecular weight is 157 g/mol. The number of hydrogen-bond acceptors (Lipinski definition) is 1. The third-order valence-corrected chi connectivity index (χ3v) is 1.74. The van der Waals surface area contributed by atoms with Crippen LogP contribution in [0.3, 0.4) is 0 Å². The van der Waals surface area contributed by atoms with Crippen molar-refractivity contribution in [3.8, 4) is 0 Å². The van der Waals surface area contributed by atoms with Gasteiger partial charge in [-0.25, -0.2) is 0 Å². The fourth-order valence-corrected chi connectivity index (χ4v) is 1.16. The van der Waals surface area contributed by atoms with Crippen LogP contribution in [0.5, 0.6) is 0 Å². The third-order valence-electron chi connectivity index (χ3n) is 1.74. The molecule has 0 saturated carbocycles. The lowest BCUT2D eigenvalue weighted by Gasteiger charge is -1.95. The van der Waals surface area contributed by atoms with E-state index in [0.717, 1.165) is 12.2 Å². The molecular formula is C11H9O. The molecule has 0 unspecified atom stereocenters. The van der Waals surface area contributed by atoms with E-state index in [0.29, 0.717) is 0 Å². The van der Waals surface area contributed by atoms with Gasteiger partial charge in [-0.3, -0.25) is 0 Å². The van der Waals surface area contributed by atoms with Gasteiger partial charge in [0.25, 0.3) is 0 Å². The Bertz CT molecular complexity index is 321. The van der Waals surface area contributed by atoms with E-state index in [1.807, 2.05) is 24.3 Å². The van der Waals surface area contributed by atoms with E-state index < -0.39 is 0 Å². The second-order valence-corrected chi connectivity index (χ2v) is 2.68. The normalized spacial score (nSPS) is 10.0. The van der Waals surface area contributed by atoms with Gasteiger partial charge in [-0.1, -0.05) is 30.3 Å². The van der Waals surface area contributed by atoms with Crippen LogP contribution in [0.1, 0.15) is 11.3 Å². The zero-order valence-electron chi connectivity index (χ0n) is 6.66. The van der Waals surface area contributed by atoms with Crippen LogP contribution in [0, 0.1) is 6.07 Å². The summed E-state index contributed by atoms with van der Waals surface area (Å²) < 4.78 is 5.18. The van der Waals surface area contributed by atoms with Crippen molar-refractivity contribution in [2.75, 3.05) is 0 Å². The molecule has 1 heteroatoms. The summed E-state index contributed by atoms with van der Waals surface area (Å²) in [5, 5.41) is 0. The first-order chi connectivity index (χ1) is 5.95. The average Bonchev–Trinajstić information content (AvgIpc) is 2.59. The molecule has 0 bridgehead atoms. The highest BCUT2D eigenvalue weighted by Crippen LogP contribution is 2.08. The Morgan fingerprint density at radius 3 is 2.67 bits per heavy atom. The van der Waals surface area contributed by atoms with Gasteiger partial charge in [0.15, 0.2) is 0 Å². The van der Waals surface area contributed by atoms with Crippen LogP contribution < -0.4 is 0 Å². The maximum absolute atomic E-state index is 5.18. The van der Waals surface area contributed by atoms with Gasteiger partial charge in [0, 0.05) is 12.5 Å². The fourth-order valence-electron chi connectivity index (χ4n) is 1.16. The summed E-state index contributed by atoms with van der Waals surface area (Å²) in [6.07, 6.45) is 2.43. The number of rotatable bonds is 2. The zero-order valence-corrected chi connectivity index (χ0v) is 6.66. The van der Waals surface area contributed by atoms with Gasteiger partial charge in [-0.2, -0.15) is 0 Å². The zero-order chi connectivity index (χ0) is 8.23. The van der Waals surface area contributed by atoms with Crippen molar-refractivity contribution in [2.24, 2.45) is 0 Å². The molecule has 1 aromatic carbocycles. The molecule has 1 nitrogen and oxygen atoms in total. The van der Waals surface area contributed by atoms with Gasteiger partial charge in [0.2, 0.25) is 0 Å². The summed E-state index contributed by atoms with van der Waals surface area (Å²) in [5.74, 6) is 0.959. The van der Waals surface area contributed by atoms with Gasteiger partial charge < -0.3 is 4.42 Å². The van der Waals surface area contributed by atoms with Crippen molar-refractivity contribution < 1.29 is 4.42 Å². The molecule has 1 radical (unpaired) electrons. The largest absolute Gasteiger partial charge is 0.468 e. The quantitative estimate of drug-likeness (QED) is 0.653. The van der Waals surface area contributed by atoms with Gasteiger partial charge in [-0.05, 0) is 11.6 Å². The molecule has 0 atom stereocenters. The Morgan fingerprint density at radius 2 is 2.00 bits per heavy atom. The van der Waals surface area contributed by atoms with E-state index in [1.165, 1.54) is 5.56 Å². The van der Waals surface area contributed by atoms with Crippen LogP contribution in [0.4, 0.5) is 0 Å². The molecule has 1 heterocycles. The van der Waals surface area contributed by atoms with E-state index in [4.69, 9.17) is 4.42 Å². The number of hydrogen-bond donors (Lipinski definition) is 0. The second-order valence-electron chi connectivity index (χ2n) is 2.68. The van der Waals surface area contributed by atoms with Gasteiger partial charge in [0.05, 0.1) is 6.26 Å². The third kappa shape index (κ3) is 1.56. The molecule has 0 aliphatic rings. The first-order valence-electron chi connectivity index (χ1n) is 3.92. The van der Waals surface area contributed by atoms with E-state index >= 15 is 0 Å². The highest BCUT2D eigenvalue weighted by molar-refractivity contribution is 5.19. The van der Waals surface area contributed by atoms with Crippen LogP contribution in [0.2, 0.25) is 0 Å². The topological polar surface area (TPSA) is 13.1 Å². The summed E-state index contributed by atoms with van der Waals surface area (Å²) >= 11 is 0. The predicted molar refractivity (Wildman–Crippen MR) is 46.8 cm³/mol. The Hall–Kier alpha value is -1.50. The minimum Gasteiger partial charge on any atom is -0.468 e. The summed E-state index contributed by atoms with van der Waals surface area (Å²) in [6.45, 7) is 0. The standard InChI is InChI=1S/C11H9O/c1-2-5-10(6-3-1)9-11-7-4-8-12-11/h1-3,5-8H,9H2. The summed E-state index contributed by atoms with van der Waals surface area (Å²) in [4.78, 5) is 0. The molecule has 0 N–H and O–H groups in total. The summed E-state index contributed by atoms with van der Waals surface area (Å²) in [5.41, 5.74) is 1.26. The maximum atomic E-state index is 5.18. The number of furan rings is 1. The second kappa shape index (κ2) is 3.26. The van der Waals surface area contributed by atoms with Crippen LogP contribution in [-0.2, 0) is 6.42 Å². The van der Waals surface area contributed by atoms with Crippen molar-refractivity contribution in [2.45, 2.75) is 6.42 Å². The minimum absolute atomic E-state index is 0.852. The molecule has 0 aliphatic carbocycles. The van der Waals surface area contributed by atoms with Crippen molar-refractivity contribution in [1.29, 1.82) is 0 Å². The molecule has 0 aliphatic heterocycles. The summed E-state index contributed by atoms with van der Waals surface area (Å²) in [7, 11) is 0. The van der Waals surface area contributed by atoms with Crippen molar-refractivity contribution in [3.05, 3.63) is 60.1 Å². The molecule has 1 aromatic heterocycles. The lowest BCUT2D eigenvalue weighted by molar-refractivity contribution is 0.520. The molecule has 0 amide bonds. The van der Waals surface area contributed by atoms with Gasteiger partial charge in [-0.15, -0.1) is 0 Å². The van der Waals surface area contributed by atoms with Crippen LogP contribution in [-0.4, -0.2) is 0 Å². The molecule has 0 saturated heterocycles. The van der Waals surface area contributed by atoms with E-state index in [9.17, 15) is 0 Å². The highest BCUT2D eigenvalue weighted by Gasteiger charge is 1.96. The predicted octanol–water partition coefficient (Wildman–Crippen LogP) is 2.67. The van der Waals surface area contributed by atoms with Gasteiger partial charge in [0.1, 0.15) is 5.76 Å². The monoisotopic (exact) mass is 157 g/mol. The lowest BCUT2D eigenvalue weighted by atomic mass is 10.1. The molecule has 2 rings (SSSR count). The molecule has 0 spiro atoms.